The molecule has 10 rings (SSSR count). The minimum atomic E-state index is -3.52. The maximum Gasteiger partial charge on any atom is 0.408 e. The monoisotopic (exact) mass is 1550 g/mol. The van der Waals surface area contributed by atoms with E-state index in [1.807, 2.05) is 0 Å². The molecule has 0 aliphatic carbocycles. The first-order valence-electron chi connectivity index (χ1n) is 34.9. The molecule has 0 fully saturated rings. The van der Waals surface area contributed by atoms with E-state index in [0.717, 1.165) is 22.9 Å². The Bertz CT molecular complexity index is 4350. The highest BCUT2D eigenvalue weighted by Crippen LogP contribution is 2.42. The van der Waals surface area contributed by atoms with E-state index < -0.39 is 75.1 Å². The van der Waals surface area contributed by atoms with Gasteiger partial charge in [-0.2, -0.15) is 13.5 Å². The summed E-state index contributed by atoms with van der Waals surface area (Å²) in [6, 6.07) is 11.1. The molecule has 3 amide bonds. The zero-order chi connectivity index (χ0) is 80.2. The van der Waals surface area contributed by atoms with Gasteiger partial charge in [-0.1, -0.05) is 21.8 Å². The van der Waals surface area contributed by atoms with E-state index in [1.165, 1.54) is 59.2 Å². The third-order valence-electron chi connectivity index (χ3n) is 15.9. The lowest BCUT2D eigenvalue weighted by Crippen LogP contribution is -2.34. The van der Waals surface area contributed by atoms with E-state index in [2.05, 4.69) is 46.1 Å². The first kappa shape index (κ1) is 87.4. The second-order valence-electron chi connectivity index (χ2n) is 28.7. The van der Waals surface area contributed by atoms with Gasteiger partial charge in [0, 0.05) is 125 Å². The number of benzene rings is 4. The third-order valence-corrected chi connectivity index (χ3v) is 16.7. The fraction of sp³-hybridized carbons (Fsp3) is 0.534. The molecule has 0 bridgehead atoms. The minimum Gasteiger partial charge on any atom is -0.489 e. The van der Waals surface area contributed by atoms with Crippen molar-refractivity contribution >= 4 is 51.6 Å². The van der Waals surface area contributed by atoms with Gasteiger partial charge in [0.15, 0.2) is 5.65 Å². The van der Waals surface area contributed by atoms with Gasteiger partial charge in [-0.3, -0.25) is 4.18 Å². The normalized spacial score (nSPS) is 16.8. The molecule has 29 nitrogen and oxygen atoms in total. The number of nitrogens with zero attached hydrogens (tertiary/aromatic N) is 9. The Morgan fingerprint density at radius 1 is 0.630 bits per heavy atom. The summed E-state index contributed by atoms with van der Waals surface area (Å²) in [5.74, 6) is 0.447. The number of aliphatic hydroxyl groups is 1. The van der Waals surface area contributed by atoms with Crippen molar-refractivity contribution < 1.29 is 92.3 Å². The third kappa shape index (κ3) is 27.6. The van der Waals surface area contributed by atoms with E-state index >= 15 is 0 Å². The average Bonchev–Trinajstić information content (AvgIpc) is 1.66. The molecule has 0 saturated carbocycles. The number of hydrogen-bond donors (Lipinski definition) is 5. The standard InChI is InChI=1S/C18H26FNO6S.C17H23FN4O3.C17H24FNO4.C12H15FN4O.C9H8ClN3O2/c1-11(20-17(21)26-18(2,3)4)15-10-13(19)8-12-9-14(25-16(12)15)6-7-24-27(5,22)23;1-10(21-16(23)25-17(2,3)4)14-9-12(18)7-11-8-13(24-15(11)14)5-6-20-22-19;1-10(19-16(21)23-17(2,3)4)14-9-12(18)7-11-8-13(5-6-20)22-15(11)14;1-7(14)11-6-9(13)4-8-5-10(18-12(8)11)2-3-16-17-15;1-2-15-9(14)6-5-11-13-4-3-7(10)12-8(6)13/h8,10-11,14H,6-7,9H2,1-5H3,(H,20,21);7,9-10,13H,5-6,8H2,1-4H3,(H,21,23);7,9-10,13,20H,5-6,8H2,1-4H3,(H,19,21);4,6-7,10H,2-3,5,14H2,1H3;3-5H,2H2,1H3/t11-,14?;2*10-,13?;7-,10?;/m1111./s1. The smallest absolute Gasteiger partial charge is 0.408 e. The van der Waals surface area contributed by atoms with Crippen molar-refractivity contribution in [3.63, 3.8) is 0 Å². The number of hydrogen-bond acceptors (Lipinski definition) is 21. The lowest BCUT2D eigenvalue weighted by Gasteiger charge is -2.23. The number of nitrogens with two attached hydrogens (primary N) is 1. The number of fused-ring (bicyclic) bond motifs is 5. The number of carbonyl (C=O) groups excluding carboxylic acids is 4. The summed E-state index contributed by atoms with van der Waals surface area (Å²) >= 11 is 5.72. The molecule has 4 aromatic carbocycles. The highest BCUT2D eigenvalue weighted by molar-refractivity contribution is 7.86. The van der Waals surface area contributed by atoms with Gasteiger partial charge in [0.25, 0.3) is 10.1 Å². The topological polar surface area (TPSA) is 396 Å². The number of amides is 3. The Hall–Kier alpha value is -9.56. The number of esters is 1. The van der Waals surface area contributed by atoms with Gasteiger partial charge < -0.3 is 64.7 Å². The van der Waals surface area contributed by atoms with Crippen molar-refractivity contribution in [1.29, 1.82) is 0 Å². The van der Waals surface area contributed by atoms with Gasteiger partial charge in [-0.25, -0.2) is 46.2 Å². The largest absolute Gasteiger partial charge is 0.489 e. The number of aromatic nitrogens is 3. The van der Waals surface area contributed by atoms with Crippen LogP contribution in [0.1, 0.15) is 202 Å². The molecule has 4 aliphatic rings. The first-order valence-corrected chi connectivity index (χ1v) is 37.1. The highest BCUT2D eigenvalue weighted by atomic mass is 35.5. The lowest BCUT2D eigenvalue weighted by molar-refractivity contribution is 0.0495. The van der Waals surface area contributed by atoms with Gasteiger partial charge in [0.1, 0.15) is 98.2 Å². The van der Waals surface area contributed by atoms with Crippen LogP contribution in [0.2, 0.25) is 5.15 Å². The number of azide groups is 2. The van der Waals surface area contributed by atoms with Crippen LogP contribution in [0.25, 0.3) is 26.5 Å². The van der Waals surface area contributed by atoms with Crippen LogP contribution in [0.4, 0.5) is 31.9 Å². The van der Waals surface area contributed by atoms with E-state index in [9.17, 15) is 45.2 Å². The molecule has 35 heteroatoms. The van der Waals surface area contributed by atoms with Crippen molar-refractivity contribution in [2.24, 2.45) is 16.0 Å². The summed E-state index contributed by atoms with van der Waals surface area (Å²) in [6.45, 7) is 25.7. The molecule has 8 atom stereocenters. The maximum absolute atomic E-state index is 14.0. The molecule has 108 heavy (non-hydrogen) atoms. The summed E-state index contributed by atoms with van der Waals surface area (Å²) < 4.78 is 127. The molecule has 0 radical (unpaired) electrons. The Labute approximate surface area is 629 Å². The van der Waals surface area contributed by atoms with Crippen LogP contribution < -0.4 is 40.6 Å². The summed E-state index contributed by atoms with van der Waals surface area (Å²) in [5.41, 5.74) is 26.6. The number of halogens is 5. The van der Waals surface area contributed by atoms with E-state index in [1.54, 1.807) is 109 Å². The van der Waals surface area contributed by atoms with E-state index in [0.29, 0.717) is 138 Å². The Morgan fingerprint density at radius 2 is 0.981 bits per heavy atom. The molecule has 2 aromatic heterocycles. The summed E-state index contributed by atoms with van der Waals surface area (Å²) in [4.78, 5) is 56.7. The minimum absolute atomic E-state index is 0.0129. The van der Waals surface area contributed by atoms with Crippen LogP contribution in [0.15, 0.2) is 77.2 Å². The fourth-order valence-corrected chi connectivity index (χ4v) is 12.0. The highest BCUT2D eigenvalue weighted by Gasteiger charge is 2.34. The summed E-state index contributed by atoms with van der Waals surface area (Å²) in [7, 11) is -3.52. The molecular weight excluding hydrogens is 1460 g/mol. The molecule has 0 spiro atoms. The molecule has 6 aromatic rings. The van der Waals surface area contributed by atoms with Crippen molar-refractivity contribution in [2.75, 3.05) is 39.2 Å². The number of ether oxygens (including phenoxy) is 8. The molecule has 6 heterocycles. The van der Waals surface area contributed by atoms with Crippen LogP contribution in [-0.2, 0) is 58.9 Å². The summed E-state index contributed by atoms with van der Waals surface area (Å²) in [5, 5.41) is 28.4. The van der Waals surface area contributed by atoms with Crippen LogP contribution in [-0.4, -0.2) is 133 Å². The number of nitrogens with one attached hydrogen (secondary N) is 3. The number of aliphatic hydroxyl groups excluding tert-OH is 1. The number of carbonyl (C=O) groups is 4. The van der Waals surface area contributed by atoms with E-state index in [4.69, 9.17) is 75.6 Å². The Morgan fingerprint density at radius 3 is 1.31 bits per heavy atom. The van der Waals surface area contributed by atoms with Gasteiger partial charge in [0.05, 0.1) is 43.8 Å². The van der Waals surface area contributed by atoms with Crippen LogP contribution in [0, 0.1) is 23.3 Å². The fourth-order valence-electron chi connectivity index (χ4n) is 11.5. The van der Waals surface area contributed by atoms with Crippen LogP contribution in [0.5, 0.6) is 23.0 Å². The molecule has 590 valence electrons. The van der Waals surface area contributed by atoms with Crippen molar-refractivity contribution in [2.45, 2.75) is 214 Å². The van der Waals surface area contributed by atoms with Crippen molar-refractivity contribution in [1.82, 2.24) is 30.5 Å². The van der Waals surface area contributed by atoms with Gasteiger partial charge in [-0.05, 0) is 175 Å². The lowest BCUT2D eigenvalue weighted by atomic mass is 10.0. The zero-order valence-corrected chi connectivity index (χ0v) is 64.7. The first-order chi connectivity index (χ1) is 50.6. The SMILES string of the molecule is CCOC(=O)c1cnn2ccc(Cl)nc12.C[C@@H](N)c1cc(F)cc2c1OC(CCN=[N+]=[N-])C2.C[C@@H](NC(=O)OC(C)(C)C)c1cc(F)cc2c1OC(CCN=[N+]=[N-])C2.C[C@@H](NC(=O)OC(C)(C)C)c1cc(F)cc2c1OC(CCO)C2.C[C@@H](NC(=O)OC(C)(C)C)c1cc(F)cc2c1OC(CCOS(C)(=O)=O)C2. The predicted molar refractivity (Wildman–Crippen MR) is 392 cm³/mol. The second-order valence-corrected chi connectivity index (χ2v) is 30.7. The van der Waals surface area contributed by atoms with Gasteiger partial charge >= 0.3 is 24.2 Å². The number of alkyl carbamates (subject to hydrolysis) is 3. The Balaban J connectivity index is 0.000000214. The summed E-state index contributed by atoms with van der Waals surface area (Å²) in [6.07, 6.45) is 5.74. The van der Waals surface area contributed by atoms with Crippen LogP contribution >= 0.6 is 11.6 Å². The van der Waals surface area contributed by atoms with E-state index in [-0.39, 0.29) is 61.1 Å². The number of rotatable bonds is 21. The second kappa shape index (κ2) is 39.0. The molecule has 6 N–H and O–H groups in total. The Kier molecular flexibility index (Phi) is 31.5. The maximum atomic E-state index is 14.0. The molecule has 4 aliphatic heterocycles. The van der Waals surface area contributed by atoms with Crippen LogP contribution in [0.3, 0.4) is 0 Å². The predicted octanol–water partition coefficient (Wildman–Crippen LogP) is 15.0. The quantitative estimate of drug-likeness (QED) is 0.00653. The molecule has 0 saturated heterocycles. The zero-order valence-electron chi connectivity index (χ0n) is 63.1. The molecule has 4 unspecified atom stereocenters. The van der Waals surface area contributed by atoms with Crippen molar-refractivity contribution in [3.05, 3.63) is 166 Å². The average molecular weight is 1560 g/mol. The van der Waals surface area contributed by atoms with Gasteiger partial charge in [0.2, 0.25) is 0 Å². The van der Waals surface area contributed by atoms with Gasteiger partial charge in [-0.15, -0.1) is 0 Å². The molecular formula is C73H96ClF4N13O16S. The van der Waals surface area contributed by atoms with Crippen molar-refractivity contribution in [3.8, 4) is 23.0 Å².